The summed E-state index contributed by atoms with van der Waals surface area (Å²) in [5.41, 5.74) is 0.860. The van der Waals surface area contributed by atoms with Crippen LogP contribution in [0.25, 0.3) is 22.1 Å². The summed E-state index contributed by atoms with van der Waals surface area (Å²) >= 11 is 0. The summed E-state index contributed by atoms with van der Waals surface area (Å²) in [5.74, 6) is 0.641. The van der Waals surface area contributed by atoms with Gasteiger partial charge in [0.25, 0.3) is 11.6 Å². The number of hydrogen-bond donors (Lipinski definition) is 1. The van der Waals surface area contributed by atoms with Crippen molar-refractivity contribution in [3.8, 4) is 16.9 Å². The number of ether oxygens (including phenoxy) is 1. The number of non-ortho nitro benzene ring substituents is 1. The first-order valence-corrected chi connectivity index (χ1v) is 9.24. The highest BCUT2D eigenvalue weighted by molar-refractivity contribution is 5.94. The van der Waals surface area contributed by atoms with Gasteiger partial charge in [-0.3, -0.25) is 14.9 Å². The Morgan fingerprint density at radius 3 is 2.61 bits per heavy atom. The molecule has 0 aliphatic heterocycles. The van der Waals surface area contributed by atoms with Gasteiger partial charge in [0.1, 0.15) is 17.1 Å². The quantitative estimate of drug-likeness (QED) is 0.275. The zero-order valence-electron chi connectivity index (χ0n) is 16.1. The van der Waals surface area contributed by atoms with Gasteiger partial charge in [-0.1, -0.05) is 0 Å². The molecule has 0 atom stereocenters. The van der Waals surface area contributed by atoms with Gasteiger partial charge in [0.15, 0.2) is 6.61 Å². The minimum Gasteiger partial charge on any atom is -0.484 e. The Balaban J connectivity index is 1.52. The fourth-order valence-electron chi connectivity index (χ4n) is 3.03. The minimum absolute atomic E-state index is 0.0444. The maximum absolute atomic E-state index is 12.0. The number of nitrogens with zero attached hydrogens (tertiary/aromatic N) is 1. The number of nitrogens with one attached hydrogen (secondary N) is 1. The van der Waals surface area contributed by atoms with E-state index in [1.54, 1.807) is 36.4 Å². The van der Waals surface area contributed by atoms with Crippen molar-refractivity contribution in [2.24, 2.45) is 0 Å². The molecule has 2 aromatic carbocycles. The van der Waals surface area contributed by atoms with E-state index in [0.29, 0.717) is 28.0 Å². The highest BCUT2D eigenvalue weighted by atomic mass is 16.6. The van der Waals surface area contributed by atoms with Gasteiger partial charge in [-0.05, 0) is 47.5 Å². The standard InChI is InChI=1S/C22H16N2O7/c25-21(23-12-17-2-1-9-29-17)13-30-16-7-8-18-19(11-22(26)31-20(18)10-16)14-3-5-15(6-4-14)24(27)28/h1-11H,12-13H2,(H,23,25). The van der Waals surface area contributed by atoms with Crippen molar-refractivity contribution >= 4 is 22.6 Å². The Hall–Kier alpha value is -4.40. The Morgan fingerprint density at radius 1 is 1.10 bits per heavy atom. The van der Waals surface area contributed by atoms with Gasteiger partial charge in [-0.2, -0.15) is 0 Å². The molecule has 9 heteroatoms. The number of hydrogen-bond acceptors (Lipinski definition) is 7. The number of benzene rings is 2. The van der Waals surface area contributed by atoms with Crippen LogP contribution in [0.15, 0.2) is 80.6 Å². The zero-order chi connectivity index (χ0) is 21.8. The third-order valence-corrected chi connectivity index (χ3v) is 4.51. The topological polar surface area (TPSA) is 125 Å². The maximum Gasteiger partial charge on any atom is 0.336 e. The molecule has 4 aromatic rings. The first-order valence-electron chi connectivity index (χ1n) is 9.24. The molecule has 2 aromatic heterocycles. The van der Waals surface area contributed by atoms with Gasteiger partial charge in [0.05, 0.1) is 17.7 Å². The molecule has 4 rings (SSSR count). The van der Waals surface area contributed by atoms with E-state index < -0.39 is 10.5 Å². The second-order valence-electron chi connectivity index (χ2n) is 6.59. The lowest BCUT2D eigenvalue weighted by Gasteiger charge is -2.09. The molecule has 0 aliphatic rings. The molecular weight excluding hydrogens is 404 g/mol. The number of nitro benzene ring substituents is 1. The van der Waals surface area contributed by atoms with Crippen molar-refractivity contribution in [2.75, 3.05) is 6.61 Å². The molecule has 1 amide bonds. The Kier molecular flexibility index (Phi) is 5.48. The molecule has 1 N–H and O–H groups in total. The van der Waals surface area contributed by atoms with Gasteiger partial charge >= 0.3 is 5.63 Å². The summed E-state index contributed by atoms with van der Waals surface area (Å²) in [7, 11) is 0. The van der Waals surface area contributed by atoms with Gasteiger partial charge in [-0.25, -0.2) is 4.79 Å². The molecule has 2 heterocycles. The van der Waals surface area contributed by atoms with E-state index in [-0.39, 0.29) is 30.3 Å². The van der Waals surface area contributed by atoms with Gasteiger partial charge in [-0.15, -0.1) is 0 Å². The van der Waals surface area contributed by atoms with Crippen LogP contribution in [-0.2, 0) is 11.3 Å². The molecule has 31 heavy (non-hydrogen) atoms. The van der Waals surface area contributed by atoms with Crippen LogP contribution in [-0.4, -0.2) is 17.4 Å². The monoisotopic (exact) mass is 420 g/mol. The first-order chi connectivity index (χ1) is 15.0. The van der Waals surface area contributed by atoms with E-state index in [9.17, 15) is 19.7 Å². The van der Waals surface area contributed by atoms with Gasteiger partial charge < -0.3 is 18.9 Å². The average molecular weight is 420 g/mol. The second-order valence-corrected chi connectivity index (χ2v) is 6.59. The molecule has 0 spiro atoms. The molecule has 0 unspecified atom stereocenters. The van der Waals surface area contributed by atoms with Crippen molar-refractivity contribution in [2.45, 2.75) is 6.54 Å². The molecular formula is C22H16N2O7. The molecule has 9 nitrogen and oxygen atoms in total. The van der Waals surface area contributed by atoms with Gasteiger partial charge in [0, 0.05) is 29.7 Å². The number of carbonyl (C=O) groups excluding carboxylic acids is 1. The number of amides is 1. The summed E-state index contributed by atoms with van der Waals surface area (Å²) in [6.45, 7) is 0.0267. The van der Waals surface area contributed by atoms with Crippen LogP contribution in [0.5, 0.6) is 5.75 Å². The van der Waals surface area contributed by atoms with E-state index in [0.717, 1.165) is 0 Å². The number of furan rings is 1. The van der Waals surface area contributed by atoms with Crippen molar-refractivity contribution in [1.82, 2.24) is 5.32 Å². The number of rotatable bonds is 7. The largest absolute Gasteiger partial charge is 0.484 e. The molecule has 0 fully saturated rings. The van der Waals surface area contributed by atoms with Crippen LogP contribution < -0.4 is 15.7 Å². The molecule has 0 saturated carbocycles. The van der Waals surface area contributed by atoms with Crippen LogP contribution in [0.1, 0.15) is 5.76 Å². The summed E-state index contributed by atoms with van der Waals surface area (Å²) < 4.78 is 15.9. The van der Waals surface area contributed by atoms with Gasteiger partial charge in [0.2, 0.25) is 0 Å². The maximum atomic E-state index is 12.0. The normalized spacial score (nSPS) is 10.7. The molecule has 0 aliphatic carbocycles. The minimum atomic E-state index is -0.575. The fraction of sp³-hybridized carbons (Fsp3) is 0.0909. The summed E-state index contributed by atoms with van der Waals surface area (Å²) in [5, 5.41) is 14.1. The zero-order valence-corrected chi connectivity index (χ0v) is 16.1. The second kappa shape index (κ2) is 8.54. The average Bonchev–Trinajstić information content (AvgIpc) is 3.29. The Labute approximate surface area is 175 Å². The summed E-state index contributed by atoms with van der Waals surface area (Å²) in [6, 6.07) is 15.5. The molecule has 156 valence electrons. The SMILES string of the molecule is O=C(COc1ccc2c(-c3ccc([N+](=O)[O-])cc3)cc(=O)oc2c1)NCc1ccco1. The van der Waals surface area contributed by atoms with Crippen molar-refractivity contribution in [3.05, 3.63) is 93.2 Å². The Bertz CT molecular complexity index is 1290. The lowest BCUT2D eigenvalue weighted by molar-refractivity contribution is -0.384. The van der Waals surface area contributed by atoms with E-state index in [1.807, 2.05) is 0 Å². The van der Waals surface area contributed by atoms with E-state index in [1.165, 1.54) is 30.5 Å². The van der Waals surface area contributed by atoms with Crippen LogP contribution in [0.2, 0.25) is 0 Å². The van der Waals surface area contributed by atoms with Crippen LogP contribution in [0.4, 0.5) is 5.69 Å². The summed E-state index contributed by atoms with van der Waals surface area (Å²) in [4.78, 5) is 34.3. The highest BCUT2D eigenvalue weighted by Crippen LogP contribution is 2.30. The van der Waals surface area contributed by atoms with Crippen molar-refractivity contribution in [1.29, 1.82) is 0 Å². The summed E-state index contributed by atoms with van der Waals surface area (Å²) in [6.07, 6.45) is 1.52. The fourth-order valence-corrected chi connectivity index (χ4v) is 3.03. The lowest BCUT2D eigenvalue weighted by Crippen LogP contribution is -2.28. The lowest BCUT2D eigenvalue weighted by atomic mass is 10.0. The van der Waals surface area contributed by atoms with Crippen molar-refractivity contribution in [3.63, 3.8) is 0 Å². The van der Waals surface area contributed by atoms with E-state index in [4.69, 9.17) is 13.6 Å². The molecule has 0 saturated heterocycles. The predicted molar refractivity (Wildman–Crippen MR) is 111 cm³/mol. The predicted octanol–water partition coefficient (Wildman–Crippen LogP) is 3.66. The third-order valence-electron chi connectivity index (χ3n) is 4.51. The number of nitro groups is 1. The third kappa shape index (κ3) is 4.61. The van der Waals surface area contributed by atoms with Crippen LogP contribution >= 0.6 is 0 Å². The molecule has 0 radical (unpaired) electrons. The number of carbonyl (C=O) groups is 1. The van der Waals surface area contributed by atoms with Crippen LogP contribution in [0, 0.1) is 10.1 Å². The van der Waals surface area contributed by atoms with Crippen molar-refractivity contribution < 1.29 is 23.3 Å². The van der Waals surface area contributed by atoms with E-state index >= 15 is 0 Å². The Morgan fingerprint density at radius 2 is 1.90 bits per heavy atom. The molecule has 0 bridgehead atoms. The van der Waals surface area contributed by atoms with E-state index in [2.05, 4.69) is 5.32 Å². The number of fused-ring (bicyclic) bond motifs is 1. The van der Waals surface area contributed by atoms with Crippen LogP contribution in [0.3, 0.4) is 0 Å². The first kappa shape index (κ1) is 19.9. The smallest absolute Gasteiger partial charge is 0.336 e. The highest BCUT2D eigenvalue weighted by Gasteiger charge is 2.12.